The highest BCUT2D eigenvalue weighted by atomic mass is 16.1. The molecule has 7 nitrogen and oxygen atoms in total. The first-order chi connectivity index (χ1) is 8.58. The first-order valence-electron chi connectivity index (χ1n) is 5.62. The number of aromatic nitrogens is 4. The Hall–Kier alpha value is -2.31. The van der Waals surface area contributed by atoms with Gasteiger partial charge in [0.2, 0.25) is 0 Å². The molecular weight excluding hydrogens is 232 g/mol. The Balaban J connectivity index is 1.89. The molecule has 2 aromatic heterocycles. The number of carbonyl (C=O) groups excluding carboxylic acids is 1. The van der Waals surface area contributed by atoms with Crippen LogP contribution in [-0.2, 0) is 20.5 Å². The molecule has 2 rings (SSSR count). The van der Waals surface area contributed by atoms with Crippen LogP contribution in [0, 0.1) is 0 Å². The van der Waals surface area contributed by atoms with Crippen LogP contribution in [0.15, 0.2) is 18.5 Å². The molecule has 0 saturated heterocycles. The fraction of sp³-hybridized carbons (Fsp3) is 0.364. The zero-order valence-corrected chi connectivity index (χ0v) is 10.4. The molecular formula is C11H16N6O. The molecule has 0 atom stereocenters. The summed E-state index contributed by atoms with van der Waals surface area (Å²) in [6, 6.07) is 1.92. The molecule has 2 aromatic rings. The average Bonchev–Trinajstić information content (AvgIpc) is 2.85. The van der Waals surface area contributed by atoms with Crippen molar-refractivity contribution in [3.8, 4) is 0 Å². The number of nitrogens with two attached hydrogens (primary N) is 1. The third-order valence-corrected chi connectivity index (χ3v) is 2.66. The van der Waals surface area contributed by atoms with E-state index >= 15 is 0 Å². The predicted octanol–water partition coefficient (Wildman–Crippen LogP) is -0.292. The molecule has 0 spiro atoms. The van der Waals surface area contributed by atoms with E-state index in [0.717, 1.165) is 12.1 Å². The highest BCUT2D eigenvalue weighted by Crippen LogP contribution is 2.07. The van der Waals surface area contributed by atoms with Gasteiger partial charge in [-0.1, -0.05) is 0 Å². The van der Waals surface area contributed by atoms with E-state index in [1.807, 2.05) is 13.1 Å². The highest BCUT2D eigenvalue weighted by Gasteiger charge is 2.13. The third kappa shape index (κ3) is 2.50. The fourth-order valence-corrected chi connectivity index (χ4v) is 1.72. The van der Waals surface area contributed by atoms with Crippen LogP contribution in [-0.4, -0.2) is 32.0 Å². The van der Waals surface area contributed by atoms with Crippen LogP contribution in [0.2, 0.25) is 0 Å². The Bertz CT molecular complexity index is 556. The van der Waals surface area contributed by atoms with E-state index < -0.39 is 0 Å². The number of hydrogen-bond donors (Lipinski definition) is 2. The lowest BCUT2D eigenvalue weighted by Crippen LogP contribution is -2.27. The van der Waals surface area contributed by atoms with E-state index in [9.17, 15) is 4.79 Å². The zero-order chi connectivity index (χ0) is 13.1. The van der Waals surface area contributed by atoms with Gasteiger partial charge in [-0.05, 0) is 6.07 Å². The van der Waals surface area contributed by atoms with Crippen molar-refractivity contribution in [2.24, 2.45) is 14.1 Å². The molecule has 1 amide bonds. The molecule has 2 heterocycles. The summed E-state index contributed by atoms with van der Waals surface area (Å²) in [7, 11) is 3.59. The van der Waals surface area contributed by atoms with E-state index in [2.05, 4.69) is 15.5 Å². The number of rotatable bonds is 4. The van der Waals surface area contributed by atoms with E-state index in [4.69, 9.17) is 5.73 Å². The Labute approximate surface area is 105 Å². The Morgan fingerprint density at radius 2 is 2.28 bits per heavy atom. The number of amides is 1. The normalized spacial score (nSPS) is 10.6. The minimum atomic E-state index is -0.254. The van der Waals surface area contributed by atoms with Gasteiger partial charge < -0.3 is 11.1 Å². The number of nitrogen functional groups attached to an aromatic ring is 1. The summed E-state index contributed by atoms with van der Waals surface area (Å²) in [5, 5.41) is 10.8. The molecule has 0 radical (unpaired) electrons. The highest BCUT2D eigenvalue weighted by molar-refractivity contribution is 5.96. The molecule has 0 aromatic carbocycles. The van der Waals surface area contributed by atoms with Gasteiger partial charge in [0.1, 0.15) is 0 Å². The molecule has 0 unspecified atom stereocenters. The molecule has 0 saturated carbocycles. The van der Waals surface area contributed by atoms with E-state index in [1.165, 1.54) is 4.68 Å². The van der Waals surface area contributed by atoms with Crippen LogP contribution >= 0.6 is 0 Å². The van der Waals surface area contributed by atoms with Crippen molar-refractivity contribution >= 4 is 11.6 Å². The predicted molar refractivity (Wildman–Crippen MR) is 66.9 cm³/mol. The van der Waals surface area contributed by atoms with E-state index in [-0.39, 0.29) is 11.6 Å². The number of hydrogen-bond acceptors (Lipinski definition) is 4. The summed E-state index contributed by atoms with van der Waals surface area (Å²) >= 11 is 0. The maximum Gasteiger partial charge on any atom is 0.273 e. The Kier molecular flexibility index (Phi) is 3.31. The second-order valence-corrected chi connectivity index (χ2v) is 4.06. The monoisotopic (exact) mass is 248 g/mol. The van der Waals surface area contributed by atoms with E-state index in [1.54, 1.807) is 24.1 Å². The van der Waals surface area contributed by atoms with Crippen LogP contribution in [0.4, 0.5) is 5.69 Å². The van der Waals surface area contributed by atoms with Crippen molar-refractivity contribution in [1.29, 1.82) is 0 Å². The third-order valence-electron chi connectivity index (χ3n) is 2.66. The lowest BCUT2D eigenvalue weighted by molar-refractivity contribution is 0.0949. The van der Waals surface area contributed by atoms with Crippen molar-refractivity contribution < 1.29 is 4.79 Å². The summed E-state index contributed by atoms with van der Waals surface area (Å²) in [5.41, 5.74) is 7.38. The molecule has 3 N–H and O–H groups in total. The molecule has 0 aliphatic heterocycles. The molecule has 96 valence electrons. The van der Waals surface area contributed by atoms with Gasteiger partial charge in [0.15, 0.2) is 5.69 Å². The van der Waals surface area contributed by atoms with Gasteiger partial charge >= 0.3 is 0 Å². The molecule has 0 aliphatic carbocycles. The van der Waals surface area contributed by atoms with Gasteiger partial charge in [-0.15, -0.1) is 0 Å². The van der Waals surface area contributed by atoms with Crippen LogP contribution in [0.25, 0.3) is 0 Å². The van der Waals surface area contributed by atoms with Gasteiger partial charge in [-0.3, -0.25) is 14.2 Å². The van der Waals surface area contributed by atoms with Crippen LogP contribution in [0.5, 0.6) is 0 Å². The van der Waals surface area contributed by atoms with Crippen molar-refractivity contribution in [3.05, 3.63) is 29.8 Å². The summed E-state index contributed by atoms with van der Waals surface area (Å²) in [4.78, 5) is 11.8. The molecule has 0 aliphatic rings. The van der Waals surface area contributed by atoms with Crippen molar-refractivity contribution in [2.45, 2.75) is 6.42 Å². The topological polar surface area (TPSA) is 90.8 Å². The summed E-state index contributed by atoms with van der Waals surface area (Å²) in [5.74, 6) is -0.254. The smallest absolute Gasteiger partial charge is 0.273 e. The molecule has 0 fully saturated rings. The van der Waals surface area contributed by atoms with Gasteiger partial charge in [0.25, 0.3) is 5.91 Å². The number of aryl methyl sites for hydroxylation is 2. The fourth-order valence-electron chi connectivity index (χ4n) is 1.72. The van der Waals surface area contributed by atoms with Crippen LogP contribution in [0.1, 0.15) is 16.2 Å². The SMILES string of the molecule is Cn1cc(N)c(C(=O)NCCc2ccnn2C)n1. The second kappa shape index (κ2) is 4.91. The summed E-state index contributed by atoms with van der Waals surface area (Å²) in [6.07, 6.45) is 4.05. The minimum Gasteiger partial charge on any atom is -0.396 e. The maximum absolute atomic E-state index is 11.8. The number of carbonyl (C=O) groups is 1. The standard InChI is InChI=1S/C11H16N6O/c1-16-7-9(12)10(15-16)11(18)13-5-3-8-4-6-14-17(8)2/h4,6-7H,3,5,12H2,1-2H3,(H,13,18). The minimum absolute atomic E-state index is 0.254. The lowest BCUT2D eigenvalue weighted by atomic mass is 10.3. The first kappa shape index (κ1) is 12.2. The van der Waals surface area contributed by atoms with Crippen LogP contribution < -0.4 is 11.1 Å². The molecule has 18 heavy (non-hydrogen) atoms. The van der Waals surface area contributed by atoms with Gasteiger partial charge in [-0.2, -0.15) is 10.2 Å². The Morgan fingerprint density at radius 1 is 1.50 bits per heavy atom. The lowest BCUT2D eigenvalue weighted by Gasteiger charge is -2.04. The Morgan fingerprint density at radius 3 is 2.83 bits per heavy atom. The first-order valence-corrected chi connectivity index (χ1v) is 5.62. The van der Waals surface area contributed by atoms with Gasteiger partial charge in [-0.25, -0.2) is 0 Å². The average molecular weight is 248 g/mol. The summed E-state index contributed by atoms with van der Waals surface area (Å²) in [6.45, 7) is 0.522. The van der Waals surface area contributed by atoms with Crippen LogP contribution in [0.3, 0.4) is 0 Å². The number of anilines is 1. The van der Waals surface area contributed by atoms with Crippen molar-refractivity contribution in [1.82, 2.24) is 24.9 Å². The zero-order valence-electron chi connectivity index (χ0n) is 10.4. The number of nitrogens with zero attached hydrogens (tertiary/aromatic N) is 4. The molecule has 7 heteroatoms. The molecule has 0 bridgehead atoms. The summed E-state index contributed by atoms with van der Waals surface area (Å²) < 4.78 is 3.30. The van der Waals surface area contributed by atoms with Crippen molar-refractivity contribution in [2.75, 3.05) is 12.3 Å². The maximum atomic E-state index is 11.8. The number of nitrogens with one attached hydrogen (secondary N) is 1. The van der Waals surface area contributed by atoms with Gasteiger partial charge in [0.05, 0.1) is 5.69 Å². The van der Waals surface area contributed by atoms with E-state index in [0.29, 0.717) is 12.2 Å². The second-order valence-electron chi connectivity index (χ2n) is 4.06. The van der Waals surface area contributed by atoms with Crippen molar-refractivity contribution in [3.63, 3.8) is 0 Å². The quantitative estimate of drug-likeness (QED) is 0.777. The largest absolute Gasteiger partial charge is 0.396 e. The van der Waals surface area contributed by atoms with Gasteiger partial charge in [0, 0.05) is 45.1 Å².